The van der Waals surface area contributed by atoms with Gasteiger partial charge in [0.15, 0.2) is 6.61 Å². The van der Waals surface area contributed by atoms with Crippen molar-refractivity contribution in [3.63, 3.8) is 0 Å². The Morgan fingerprint density at radius 2 is 2.12 bits per heavy atom. The fourth-order valence-corrected chi connectivity index (χ4v) is 2.91. The number of nitrogens with one attached hydrogen (secondary N) is 1. The Morgan fingerprint density at radius 3 is 2.83 bits per heavy atom. The van der Waals surface area contributed by atoms with Crippen molar-refractivity contribution in [2.24, 2.45) is 5.73 Å². The number of likely N-dealkylation sites (tertiary alicyclic amines) is 1. The SMILES string of the molecule is CC[C@H]1CCCCN1C(=O)COC(=O)c1cccc(NC(N)=O)c1. The normalized spacial score (nSPS) is 17.2. The van der Waals surface area contributed by atoms with Crippen LogP contribution in [0.15, 0.2) is 24.3 Å². The van der Waals surface area contributed by atoms with Crippen molar-refractivity contribution in [3.05, 3.63) is 29.8 Å². The molecule has 0 aromatic heterocycles. The fraction of sp³-hybridized carbons (Fsp3) is 0.471. The number of amides is 3. The number of esters is 1. The molecule has 0 unspecified atom stereocenters. The second kappa shape index (κ2) is 8.33. The topological polar surface area (TPSA) is 102 Å². The Hall–Kier alpha value is -2.57. The van der Waals surface area contributed by atoms with Crippen molar-refractivity contribution in [1.82, 2.24) is 4.90 Å². The van der Waals surface area contributed by atoms with Crippen LogP contribution in [-0.2, 0) is 9.53 Å². The average molecular weight is 333 g/mol. The van der Waals surface area contributed by atoms with Crippen molar-refractivity contribution in [2.45, 2.75) is 38.6 Å². The van der Waals surface area contributed by atoms with E-state index >= 15 is 0 Å². The summed E-state index contributed by atoms with van der Waals surface area (Å²) in [5.41, 5.74) is 5.68. The fourth-order valence-electron chi connectivity index (χ4n) is 2.91. The lowest BCUT2D eigenvalue weighted by Crippen LogP contribution is -2.45. The lowest BCUT2D eigenvalue weighted by atomic mass is 10.00. The Labute approximate surface area is 141 Å². The van der Waals surface area contributed by atoms with E-state index in [1.165, 1.54) is 6.07 Å². The zero-order valence-corrected chi connectivity index (χ0v) is 13.8. The molecule has 1 fully saturated rings. The van der Waals surface area contributed by atoms with E-state index in [1.807, 2.05) is 4.90 Å². The summed E-state index contributed by atoms with van der Waals surface area (Å²) in [6.07, 6.45) is 4.01. The Bertz CT molecular complexity index is 618. The van der Waals surface area contributed by atoms with Gasteiger partial charge in [-0.05, 0) is 43.9 Å². The highest BCUT2D eigenvalue weighted by Crippen LogP contribution is 2.19. The number of rotatable bonds is 5. The maximum absolute atomic E-state index is 12.3. The number of hydrogen-bond donors (Lipinski definition) is 2. The predicted molar refractivity (Wildman–Crippen MR) is 89.6 cm³/mol. The van der Waals surface area contributed by atoms with Crippen LogP contribution < -0.4 is 11.1 Å². The predicted octanol–water partition coefficient (Wildman–Crippen LogP) is 2.13. The smallest absolute Gasteiger partial charge is 0.338 e. The molecular weight excluding hydrogens is 310 g/mol. The minimum absolute atomic E-state index is 0.165. The highest BCUT2D eigenvalue weighted by Gasteiger charge is 2.26. The van der Waals surface area contributed by atoms with Crippen LogP contribution in [0.5, 0.6) is 0 Å². The number of hydrogen-bond acceptors (Lipinski definition) is 4. The van der Waals surface area contributed by atoms with Gasteiger partial charge < -0.3 is 20.7 Å². The Balaban J connectivity index is 1.92. The monoisotopic (exact) mass is 333 g/mol. The van der Waals surface area contributed by atoms with Crippen LogP contribution in [0.3, 0.4) is 0 Å². The summed E-state index contributed by atoms with van der Waals surface area (Å²) in [4.78, 5) is 37.0. The summed E-state index contributed by atoms with van der Waals surface area (Å²) < 4.78 is 5.12. The molecule has 1 heterocycles. The van der Waals surface area contributed by atoms with Crippen LogP contribution in [0.1, 0.15) is 43.0 Å². The molecule has 130 valence electrons. The zero-order chi connectivity index (χ0) is 17.5. The first-order valence-electron chi connectivity index (χ1n) is 8.14. The number of ether oxygens (including phenoxy) is 1. The van der Waals surface area contributed by atoms with Crippen LogP contribution in [0, 0.1) is 0 Å². The largest absolute Gasteiger partial charge is 0.452 e. The molecule has 1 aliphatic rings. The van der Waals surface area contributed by atoms with Gasteiger partial charge in [-0.25, -0.2) is 9.59 Å². The molecule has 3 N–H and O–H groups in total. The first kappa shape index (κ1) is 17.8. The molecule has 7 nitrogen and oxygen atoms in total. The van der Waals surface area contributed by atoms with Crippen molar-refractivity contribution >= 4 is 23.6 Å². The van der Waals surface area contributed by atoms with Gasteiger partial charge in [-0.1, -0.05) is 13.0 Å². The van der Waals surface area contributed by atoms with Crippen molar-refractivity contribution < 1.29 is 19.1 Å². The Morgan fingerprint density at radius 1 is 1.33 bits per heavy atom. The number of anilines is 1. The minimum atomic E-state index is -0.716. The van der Waals surface area contributed by atoms with E-state index in [0.29, 0.717) is 12.2 Å². The molecule has 24 heavy (non-hydrogen) atoms. The van der Waals surface area contributed by atoms with Crippen LogP contribution in [0.2, 0.25) is 0 Å². The maximum Gasteiger partial charge on any atom is 0.338 e. The summed E-state index contributed by atoms with van der Waals surface area (Å²) in [6.45, 7) is 2.50. The molecule has 0 bridgehead atoms. The number of carbonyl (C=O) groups is 3. The quantitative estimate of drug-likeness (QED) is 0.806. The van der Waals surface area contributed by atoms with E-state index in [1.54, 1.807) is 18.2 Å². The number of benzene rings is 1. The van der Waals surface area contributed by atoms with Gasteiger partial charge in [0.25, 0.3) is 5.91 Å². The van der Waals surface area contributed by atoms with E-state index in [9.17, 15) is 14.4 Å². The summed E-state index contributed by atoms with van der Waals surface area (Å²) in [6, 6.07) is 5.72. The van der Waals surface area contributed by atoms with E-state index in [4.69, 9.17) is 10.5 Å². The third-order valence-electron chi connectivity index (χ3n) is 4.11. The summed E-state index contributed by atoms with van der Waals surface area (Å²) >= 11 is 0. The van der Waals surface area contributed by atoms with Gasteiger partial charge in [0.1, 0.15) is 0 Å². The van der Waals surface area contributed by atoms with E-state index in [0.717, 1.165) is 25.7 Å². The highest BCUT2D eigenvalue weighted by molar-refractivity contribution is 5.94. The molecule has 1 saturated heterocycles. The summed E-state index contributed by atoms with van der Waals surface area (Å²) in [7, 11) is 0. The minimum Gasteiger partial charge on any atom is -0.452 e. The summed E-state index contributed by atoms with van der Waals surface area (Å²) in [5.74, 6) is -0.775. The van der Waals surface area contributed by atoms with Gasteiger partial charge in [0.05, 0.1) is 5.56 Å². The molecule has 0 aliphatic carbocycles. The van der Waals surface area contributed by atoms with Gasteiger partial charge >= 0.3 is 12.0 Å². The molecule has 7 heteroatoms. The molecule has 0 saturated carbocycles. The number of urea groups is 1. The van der Waals surface area contributed by atoms with Crippen molar-refractivity contribution in [3.8, 4) is 0 Å². The van der Waals surface area contributed by atoms with E-state index in [2.05, 4.69) is 12.2 Å². The first-order chi connectivity index (χ1) is 11.5. The number of primary amides is 1. The standard InChI is InChI=1S/C17H23N3O4/c1-2-14-8-3-4-9-20(14)15(21)11-24-16(22)12-6-5-7-13(10-12)19-17(18)23/h5-7,10,14H,2-4,8-9,11H2,1H3,(H3,18,19,23)/t14-/m0/s1. The number of piperidine rings is 1. The van der Waals surface area contributed by atoms with Crippen LogP contribution in [0.4, 0.5) is 10.5 Å². The van der Waals surface area contributed by atoms with Gasteiger partial charge in [-0.15, -0.1) is 0 Å². The zero-order valence-electron chi connectivity index (χ0n) is 13.8. The molecule has 2 rings (SSSR count). The Kier molecular flexibility index (Phi) is 6.17. The molecule has 1 aromatic rings. The van der Waals surface area contributed by atoms with Gasteiger partial charge in [0.2, 0.25) is 0 Å². The van der Waals surface area contributed by atoms with E-state index in [-0.39, 0.29) is 24.1 Å². The number of nitrogens with zero attached hydrogens (tertiary/aromatic N) is 1. The van der Waals surface area contributed by atoms with Crippen LogP contribution >= 0.6 is 0 Å². The maximum atomic E-state index is 12.3. The molecular formula is C17H23N3O4. The van der Waals surface area contributed by atoms with Crippen molar-refractivity contribution in [2.75, 3.05) is 18.5 Å². The second-order valence-electron chi connectivity index (χ2n) is 5.79. The van der Waals surface area contributed by atoms with Crippen LogP contribution in [0.25, 0.3) is 0 Å². The molecule has 1 atom stereocenters. The number of nitrogens with two attached hydrogens (primary N) is 1. The second-order valence-corrected chi connectivity index (χ2v) is 5.79. The average Bonchev–Trinajstić information content (AvgIpc) is 2.59. The van der Waals surface area contributed by atoms with Crippen LogP contribution in [-0.4, -0.2) is 42.0 Å². The first-order valence-corrected chi connectivity index (χ1v) is 8.14. The van der Waals surface area contributed by atoms with Gasteiger partial charge in [-0.3, -0.25) is 4.79 Å². The number of carbonyl (C=O) groups excluding carboxylic acids is 3. The summed E-state index contributed by atoms with van der Waals surface area (Å²) in [5, 5.41) is 2.39. The van der Waals surface area contributed by atoms with E-state index < -0.39 is 12.0 Å². The lowest BCUT2D eigenvalue weighted by Gasteiger charge is -2.35. The molecule has 0 spiro atoms. The molecule has 1 aromatic carbocycles. The van der Waals surface area contributed by atoms with Gasteiger partial charge in [-0.2, -0.15) is 0 Å². The molecule has 1 aliphatic heterocycles. The third-order valence-corrected chi connectivity index (χ3v) is 4.11. The molecule has 0 radical (unpaired) electrons. The van der Waals surface area contributed by atoms with Crippen molar-refractivity contribution in [1.29, 1.82) is 0 Å². The van der Waals surface area contributed by atoms with Gasteiger partial charge in [0, 0.05) is 18.3 Å². The third kappa shape index (κ3) is 4.71. The molecule has 3 amide bonds. The lowest BCUT2D eigenvalue weighted by molar-refractivity contribution is -0.138. The highest BCUT2D eigenvalue weighted by atomic mass is 16.5.